The molecule has 4 nitrogen and oxygen atoms in total. The largest absolute Gasteiger partial charge is 0.399 e. The van der Waals surface area contributed by atoms with E-state index in [9.17, 15) is 8.42 Å². The first-order valence-corrected chi connectivity index (χ1v) is 7.49. The van der Waals surface area contributed by atoms with E-state index in [1.54, 1.807) is 12.1 Å². The Morgan fingerprint density at radius 3 is 2.53 bits per heavy atom. The summed E-state index contributed by atoms with van der Waals surface area (Å²) in [7, 11) is -3.48. The van der Waals surface area contributed by atoms with Gasteiger partial charge in [0.05, 0.1) is 4.90 Å². The molecule has 0 unspecified atom stereocenters. The number of hydrogen-bond donors (Lipinski definition) is 2. The minimum absolute atomic E-state index is 0.0375. The second-order valence-corrected chi connectivity index (χ2v) is 6.49. The lowest BCUT2D eigenvalue weighted by molar-refractivity contribution is 0.557. The molecule has 0 saturated heterocycles. The van der Waals surface area contributed by atoms with Crippen LogP contribution in [0.15, 0.2) is 39.7 Å². The van der Waals surface area contributed by atoms with Crippen molar-refractivity contribution in [3.8, 4) is 0 Å². The first-order chi connectivity index (χ1) is 7.99. The van der Waals surface area contributed by atoms with Gasteiger partial charge in [-0.15, -0.1) is 0 Å². The molecule has 3 N–H and O–H groups in total. The van der Waals surface area contributed by atoms with Crippen LogP contribution in [0.3, 0.4) is 0 Å². The first kappa shape index (κ1) is 12.6. The number of nitrogens with two attached hydrogens (primary N) is 1. The molecule has 0 amide bonds. The van der Waals surface area contributed by atoms with Crippen molar-refractivity contribution in [1.29, 1.82) is 0 Å². The zero-order valence-corrected chi connectivity index (χ0v) is 11.5. The lowest BCUT2D eigenvalue weighted by Gasteiger charge is -2.13. The van der Waals surface area contributed by atoms with Gasteiger partial charge in [0.15, 0.2) is 0 Å². The molecule has 0 saturated carbocycles. The van der Waals surface area contributed by atoms with Crippen LogP contribution < -0.4 is 10.5 Å². The van der Waals surface area contributed by atoms with E-state index in [2.05, 4.69) is 20.7 Å². The van der Waals surface area contributed by atoms with Gasteiger partial charge in [0, 0.05) is 16.2 Å². The molecule has 1 aliphatic carbocycles. The van der Waals surface area contributed by atoms with Crippen LogP contribution in [0.1, 0.15) is 12.8 Å². The molecule has 0 heterocycles. The lowest BCUT2D eigenvalue weighted by Crippen LogP contribution is -2.33. The molecule has 17 heavy (non-hydrogen) atoms. The van der Waals surface area contributed by atoms with E-state index in [4.69, 9.17) is 5.73 Å². The Balaban J connectivity index is 2.25. The molecule has 1 aromatic rings. The predicted octanol–water partition coefficient (Wildman–Crippen LogP) is 2.03. The Morgan fingerprint density at radius 2 is 1.94 bits per heavy atom. The maximum atomic E-state index is 12.1. The van der Waals surface area contributed by atoms with Crippen LogP contribution in [0.4, 0.5) is 5.69 Å². The minimum atomic E-state index is -3.48. The highest BCUT2D eigenvalue weighted by Crippen LogP contribution is 2.25. The van der Waals surface area contributed by atoms with E-state index < -0.39 is 10.0 Å². The maximum Gasteiger partial charge on any atom is 0.241 e. The minimum Gasteiger partial charge on any atom is -0.399 e. The van der Waals surface area contributed by atoms with Crippen molar-refractivity contribution >= 4 is 31.6 Å². The topological polar surface area (TPSA) is 72.2 Å². The van der Waals surface area contributed by atoms with Crippen LogP contribution in [0.5, 0.6) is 0 Å². The summed E-state index contributed by atoms with van der Waals surface area (Å²) in [4.78, 5) is 0.221. The van der Waals surface area contributed by atoms with Crippen molar-refractivity contribution in [3.63, 3.8) is 0 Å². The van der Waals surface area contributed by atoms with E-state index in [1.165, 1.54) is 6.07 Å². The fourth-order valence-corrected chi connectivity index (χ4v) is 4.09. The normalized spacial score (nSPS) is 16.5. The number of hydrogen-bond acceptors (Lipinski definition) is 3. The van der Waals surface area contributed by atoms with Crippen molar-refractivity contribution in [2.75, 3.05) is 5.73 Å². The van der Waals surface area contributed by atoms with E-state index in [0.29, 0.717) is 10.2 Å². The molecule has 0 aliphatic heterocycles. The van der Waals surface area contributed by atoms with Crippen LogP contribution in [-0.4, -0.2) is 14.5 Å². The zero-order valence-electron chi connectivity index (χ0n) is 9.06. The molecule has 2 rings (SSSR count). The van der Waals surface area contributed by atoms with Crippen molar-refractivity contribution in [1.82, 2.24) is 4.72 Å². The van der Waals surface area contributed by atoms with Gasteiger partial charge in [0.25, 0.3) is 0 Å². The van der Waals surface area contributed by atoms with Crippen LogP contribution in [0.2, 0.25) is 0 Å². The predicted molar refractivity (Wildman–Crippen MR) is 71.0 cm³/mol. The highest BCUT2D eigenvalue weighted by molar-refractivity contribution is 9.10. The molecule has 92 valence electrons. The third-order valence-corrected chi connectivity index (χ3v) is 5.07. The number of rotatable bonds is 3. The molecule has 0 spiro atoms. The Labute approximate surface area is 109 Å². The van der Waals surface area contributed by atoms with Gasteiger partial charge in [-0.1, -0.05) is 12.2 Å². The van der Waals surface area contributed by atoms with E-state index in [-0.39, 0.29) is 10.9 Å². The van der Waals surface area contributed by atoms with Gasteiger partial charge in [-0.25, -0.2) is 13.1 Å². The van der Waals surface area contributed by atoms with Crippen LogP contribution in [0, 0.1) is 0 Å². The summed E-state index contributed by atoms with van der Waals surface area (Å²) in [5.41, 5.74) is 6.11. The summed E-state index contributed by atoms with van der Waals surface area (Å²) in [6.07, 6.45) is 5.44. The van der Waals surface area contributed by atoms with E-state index >= 15 is 0 Å². The SMILES string of the molecule is Nc1ccc(S(=O)(=O)NC2CC=CC2)c(Br)c1. The van der Waals surface area contributed by atoms with Gasteiger partial charge in [-0.2, -0.15) is 0 Å². The molecule has 0 fully saturated rings. The quantitative estimate of drug-likeness (QED) is 0.662. The molecule has 1 aromatic carbocycles. The number of nitrogens with one attached hydrogen (secondary N) is 1. The Bertz CT molecular complexity index is 547. The monoisotopic (exact) mass is 316 g/mol. The Kier molecular flexibility index (Phi) is 3.56. The second-order valence-electron chi connectivity index (χ2n) is 3.95. The van der Waals surface area contributed by atoms with Gasteiger partial charge in [0.1, 0.15) is 0 Å². The number of benzene rings is 1. The highest BCUT2D eigenvalue weighted by Gasteiger charge is 2.22. The molecule has 0 radical (unpaired) electrons. The average Bonchev–Trinajstić information content (AvgIpc) is 2.68. The highest BCUT2D eigenvalue weighted by atomic mass is 79.9. The lowest BCUT2D eigenvalue weighted by atomic mass is 10.3. The Morgan fingerprint density at radius 1 is 1.29 bits per heavy atom. The van der Waals surface area contributed by atoms with Crippen molar-refractivity contribution in [3.05, 3.63) is 34.8 Å². The number of sulfonamides is 1. The van der Waals surface area contributed by atoms with Gasteiger partial charge < -0.3 is 5.73 Å². The Hall–Kier alpha value is -0.850. The molecule has 0 aromatic heterocycles. The van der Waals surface area contributed by atoms with Crippen LogP contribution >= 0.6 is 15.9 Å². The van der Waals surface area contributed by atoms with Crippen molar-refractivity contribution in [2.45, 2.75) is 23.8 Å². The molecular weight excluding hydrogens is 304 g/mol. The van der Waals surface area contributed by atoms with Gasteiger partial charge >= 0.3 is 0 Å². The number of nitrogen functional groups attached to an aromatic ring is 1. The van der Waals surface area contributed by atoms with Gasteiger partial charge in [-0.3, -0.25) is 0 Å². The number of halogens is 1. The molecule has 0 atom stereocenters. The third kappa shape index (κ3) is 2.88. The summed E-state index contributed by atoms with van der Waals surface area (Å²) in [5, 5.41) is 0. The molecule has 0 bridgehead atoms. The van der Waals surface area contributed by atoms with E-state index in [1.807, 2.05) is 12.2 Å². The average molecular weight is 317 g/mol. The fraction of sp³-hybridized carbons (Fsp3) is 0.273. The summed E-state index contributed by atoms with van der Waals surface area (Å²) in [5.74, 6) is 0. The molecule has 6 heteroatoms. The molecule has 1 aliphatic rings. The third-order valence-electron chi connectivity index (χ3n) is 2.58. The van der Waals surface area contributed by atoms with Crippen molar-refractivity contribution < 1.29 is 8.42 Å². The van der Waals surface area contributed by atoms with Crippen LogP contribution in [-0.2, 0) is 10.0 Å². The van der Waals surface area contributed by atoms with Gasteiger partial charge in [0.2, 0.25) is 10.0 Å². The zero-order chi connectivity index (χ0) is 12.5. The fourth-order valence-electron chi connectivity index (χ4n) is 1.73. The summed E-state index contributed by atoms with van der Waals surface area (Å²) < 4.78 is 27.4. The van der Waals surface area contributed by atoms with E-state index in [0.717, 1.165) is 12.8 Å². The smallest absolute Gasteiger partial charge is 0.241 e. The van der Waals surface area contributed by atoms with Crippen molar-refractivity contribution in [2.24, 2.45) is 0 Å². The summed E-state index contributed by atoms with van der Waals surface area (Å²) in [6, 6.07) is 4.63. The maximum absolute atomic E-state index is 12.1. The molecular formula is C11H13BrN2O2S. The summed E-state index contributed by atoms with van der Waals surface area (Å²) in [6.45, 7) is 0. The summed E-state index contributed by atoms with van der Waals surface area (Å²) >= 11 is 3.22. The first-order valence-electron chi connectivity index (χ1n) is 5.21. The van der Waals surface area contributed by atoms with Gasteiger partial charge in [-0.05, 0) is 47.0 Å². The number of anilines is 1. The van der Waals surface area contributed by atoms with Crippen LogP contribution in [0.25, 0.3) is 0 Å². The standard InChI is InChI=1S/C11H13BrN2O2S/c12-10-7-8(13)5-6-11(10)17(15,16)14-9-3-1-2-4-9/h1-2,5-7,9,14H,3-4,13H2. The second kappa shape index (κ2) is 4.80.